The van der Waals surface area contributed by atoms with E-state index in [0.717, 1.165) is 34.8 Å². The maximum absolute atomic E-state index is 11.8. The third-order valence-corrected chi connectivity index (χ3v) is 15.3. The molecular weight excluding hydrogens is 1090 g/mol. The highest BCUT2D eigenvalue weighted by atomic mass is 32.2. The minimum absolute atomic E-state index is 0.0406. The fraction of sp³-hybridized carbons (Fsp3) is 0.279. The molecule has 0 unspecified atom stereocenters. The van der Waals surface area contributed by atoms with Gasteiger partial charge in [0.15, 0.2) is 16.8 Å². The van der Waals surface area contributed by atoms with Gasteiger partial charge in [-0.2, -0.15) is 58.9 Å². The molecule has 26 nitrogen and oxygen atoms in total. The van der Waals surface area contributed by atoms with E-state index in [9.17, 15) is 38.9 Å². The van der Waals surface area contributed by atoms with E-state index in [1.165, 1.54) is 50.6 Å². The number of hydrogen-bond acceptors (Lipinski definition) is 26. The van der Waals surface area contributed by atoms with Crippen LogP contribution in [0, 0.1) is 0 Å². The first-order valence-electron chi connectivity index (χ1n) is 22.2. The van der Waals surface area contributed by atoms with Gasteiger partial charge in [-0.25, -0.2) is 0 Å². The second-order valence-electron chi connectivity index (χ2n) is 15.3. The molecule has 0 aliphatic rings. The van der Waals surface area contributed by atoms with Gasteiger partial charge in [-0.1, -0.05) is 36.0 Å². The van der Waals surface area contributed by atoms with E-state index in [-0.39, 0.29) is 65.9 Å². The summed E-state index contributed by atoms with van der Waals surface area (Å²) in [5.74, 6) is 0.310. The third kappa shape index (κ3) is 14.5. The Morgan fingerprint density at radius 3 is 1.39 bits per heavy atom. The van der Waals surface area contributed by atoms with Crippen LogP contribution in [0.15, 0.2) is 108 Å². The number of benzene rings is 4. The Bertz CT molecular complexity index is 3380. The highest BCUT2D eigenvalue weighted by molar-refractivity contribution is 8.00. The van der Waals surface area contributed by atoms with Crippen molar-refractivity contribution in [3.8, 4) is 34.3 Å². The van der Waals surface area contributed by atoms with Gasteiger partial charge in [0, 0.05) is 78.3 Å². The summed E-state index contributed by atoms with van der Waals surface area (Å²) in [4.78, 5) is 26.1. The van der Waals surface area contributed by atoms with Gasteiger partial charge in [0.25, 0.3) is 30.4 Å². The fourth-order valence-corrected chi connectivity index (χ4v) is 10.7. The molecule has 5 N–H and O–H groups in total. The number of azo groups is 2. The Morgan fingerprint density at radius 2 is 1.01 bits per heavy atom. The number of aromatic nitrogens is 7. The molecule has 396 valence electrons. The summed E-state index contributed by atoms with van der Waals surface area (Å²) in [5, 5.41) is 24.4. The number of nitrogens with zero attached hydrogens (tertiary/aromatic N) is 13. The quantitative estimate of drug-likeness (QED) is 0.0213. The van der Waals surface area contributed by atoms with Crippen molar-refractivity contribution in [3.05, 3.63) is 72.8 Å². The summed E-state index contributed by atoms with van der Waals surface area (Å²) in [6.07, 6.45) is 0. The highest BCUT2D eigenvalue weighted by Gasteiger charge is 2.21. The highest BCUT2D eigenvalue weighted by Crippen LogP contribution is 2.43. The number of ether oxygens (including phenoxy) is 2. The Kier molecular flexibility index (Phi) is 18.0. The van der Waals surface area contributed by atoms with Gasteiger partial charge in [0.2, 0.25) is 22.2 Å². The van der Waals surface area contributed by atoms with Crippen LogP contribution in [0.25, 0.3) is 22.8 Å². The third-order valence-electron chi connectivity index (χ3n) is 10.6. The monoisotopic (exact) mass is 1140 g/mol. The Balaban J connectivity index is 1.30. The molecule has 75 heavy (non-hydrogen) atoms. The molecule has 7 aromatic rings. The first kappa shape index (κ1) is 55.8. The molecule has 0 amide bonds. The summed E-state index contributed by atoms with van der Waals surface area (Å²) in [6.45, 7) is 10.3. The summed E-state index contributed by atoms with van der Waals surface area (Å²) in [6, 6.07) is 17.7. The minimum Gasteiger partial charge on any atom is -0.494 e. The second kappa shape index (κ2) is 24.2. The van der Waals surface area contributed by atoms with Crippen molar-refractivity contribution < 1.29 is 48.4 Å². The van der Waals surface area contributed by atoms with Crippen LogP contribution < -0.4 is 29.9 Å². The number of nitrogens with one attached hydrogen (secondary N) is 2. The van der Waals surface area contributed by atoms with E-state index < -0.39 is 36.1 Å². The lowest BCUT2D eigenvalue weighted by molar-refractivity contribution is 0.414. The summed E-state index contributed by atoms with van der Waals surface area (Å²) in [5.41, 5.74) is 3.04. The molecule has 3 heterocycles. The predicted octanol–water partition coefficient (Wildman–Crippen LogP) is 9.41. The van der Waals surface area contributed by atoms with Gasteiger partial charge >= 0.3 is 0 Å². The molecule has 0 spiro atoms. The fourth-order valence-electron chi connectivity index (χ4n) is 6.97. The lowest BCUT2D eigenvalue weighted by Crippen LogP contribution is -2.22. The number of rotatable bonds is 24. The molecule has 0 radical (unpaired) electrons. The topological polar surface area (TPSA) is 352 Å². The van der Waals surface area contributed by atoms with E-state index >= 15 is 0 Å². The number of thioether (sulfide) groups is 1. The molecule has 0 saturated heterocycles. The molecule has 0 atom stereocenters. The number of hydrogen-bond donors (Lipinski definition) is 5. The van der Waals surface area contributed by atoms with Gasteiger partial charge in [-0.15, -0.1) is 20.5 Å². The van der Waals surface area contributed by atoms with E-state index in [1.807, 2.05) is 37.5 Å². The molecule has 7 rings (SSSR count). The van der Waals surface area contributed by atoms with Crippen LogP contribution in [0.2, 0.25) is 0 Å². The van der Waals surface area contributed by atoms with Crippen molar-refractivity contribution in [2.45, 2.75) is 42.6 Å². The lowest BCUT2D eigenvalue weighted by Gasteiger charge is -2.25. The zero-order valence-electron chi connectivity index (χ0n) is 40.5. The van der Waals surface area contributed by atoms with Gasteiger partial charge in [-0.3, -0.25) is 13.7 Å². The Hall–Kier alpha value is -6.91. The van der Waals surface area contributed by atoms with Crippen LogP contribution in [0.4, 0.5) is 56.3 Å². The van der Waals surface area contributed by atoms with E-state index in [2.05, 4.69) is 59.8 Å². The molecule has 4 aromatic carbocycles. The van der Waals surface area contributed by atoms with E-state index in [0.29, 0.717) is 71.6 Å². The molecular formula is C43H47N15O11S6. The van der Waals surface area contributed by atoms with Crippen molar-refractivity contribution in [2.75, 3.05) is 72.3 Å². The number of anilines is 6. The molecule has 0 saturated carbocycles. The number of methoxy groups -OCH3 is 2. The van der Waals surface area contributed by atoms with Crippen LogP contribution in [0.1, 0.15) is 27.7 Å². The maximum Gasteiger partial charge on any atom is 0.294 e. The lowest BCUT2D eigenvalue weighted by atomic mass is 10.2. The van der Waals surface area contributed by atoms with Crippen LogP contribution in [-0.4, -0.2) is 124 Å². The minimum atomic E-state index is -4.50. The van der Waals surface area contributed by atoms with Crippen LogP contribution >= 0.6 is 34.8 Å². The zero-order chi connectivity index (χ0) is 54.1. The first-order valence-corrected chi connectivity index (χ1v) is 29.2. The molecule has 3 aromatic heterocycles. The van der Waals surface area contributed by atoms with Crippen molar-refractivity contribution in [3.63, 3.8) is 0 Å². The Morgan fingerprint density at radius 1 is 0.587 bits per heavy atom. The standard InChI is InChI=1S/C43H47N15O11S6/c1-7-57(8-2)33-21-29(31(23-35(33)68-5)51-53-42-46-37(55-71-42)25-13-11-15-27(19-25)74(62,63)64)44-39-48-40(50-41(49-39)70-17-18-73(59,60)61)45-30-22-34(58(9-3)10-4)36(69-6)24-32(30)52-54-43-47-38(56-72-43)26-14-12-16-28(20-26)75(65,66)67/h11-16,19-24H,7-10,17-18H2,1-6H3,(H,59,60,61)(H,62,63,64)(H,65,66,67)(H2,44,45,48,49,50)/b53-51+,54-52+. The largest absolute Gasteiger partial charge is 0.494 e. The van der Waals surface area contributed by atoms with Crippen molar-refractivity contribution in [1.29, 1.82) is 0 Å². The maximum atomic E-state index is 11.8. The molecule has 0 aliphatic carbocycles. The van der Waals surface area contributed by atoms with Crippen molar-refractivity contribution in [1.82, 2.24) is 33.7 Å². The smallest absolute Gasteiger partial charge is 0.294 e. The van der Waals surface area contributed by atoms with E-state index in [1.54, 1.807) is 36.4 Å². The van der Waals surface area contributed by atoms with Gasteiger partial charge < -0.3 is 29.9 Å². The van der Waals surface area contributed by atoms with Crippen molar-refractivity contribution >= 4 is 121 Å². The van der Waals surface area contributed by atoms with Crippen LogP contribution in [-0.2, 0) is 30.4 Å². The van der Waals surface area contributed by atoms with Gasteiger partial charge in [0.1, 0.15) is 22.9 Å². The average molecular weight is 1140 g/mol. The molecule has 0 fully saturated rings. The SMILES string of the molecule is CCN(CC)c1cc(Nc2nc(Nc3cc(N(CC)CC)c(OC)cc3/N=N/c3nc(-c4cccc(S(=O)(=O)O)c4)ns3)nc(SCCS(=O)(=O)O)n2)c(/N=N/c2nc(-c3cccc(S(=O)(=O)O)c3)ns2)cc1OC. The molecule has 0 aliphatic heterocycles. The van der Waals surface area contributed by atoms with Gasteiger partial charge in [0.05, 0.1) is 52.5 Å². The average Bonchev–Trinajstić information content (AvgIpc) is 4.06. The van der Waals surface area contributed by atoms with Crippen LogP contribution in [0.5, 0.6) is 11.5 Å². The first-order chi connectivity index (χ1) is 35.7. The predicted molar refractivity (Wildman–Crippen MR) is 285 cm³/mol. The second-order valence-corrected chi connectivity index (χ2v) is 22.2. The molecule has 0 bridgehead atoms. The van der Waals surface area contributed by atoms with Crippen molar-refractivity contribution in [2.24, 2.45) is 20.5 Å². The summed E-state index contributed by atoms with van der Waals surface area (Å²) < 4.78 is 120. The Labute approximate surface area is 443 Å². The summed E-state index contributed by atoms with van der Waals surface area (Å²) >= 11 is 2.69. The molecule has 32 heteroatoms. The van der Waals surface area contributed by atoms with Gasteiger partial charge in [-0.05, 0) is 64.1 Å². The zero-order valence-corrected chi connectivity index (χ0v) is 45.4. The van der Waals surface area contributed by atoms with Crippen LogP contribution in [0.3, 0.4) is 0 Å². The normalized spacial score (nSPS) is 12.1. The summed E-state index contributed by atoms with van der Waals surface area (Å²) in [7, 11) is -10.3. The van der Waals surface area contributed by atoms with E-state index in [4.69, 9.17) is 14.5 Å².